The molecule has 0 amide bonds. The quantitative estimate of drug-likeness (QED) is 0.458. The molecule has 0 aromatic carbocycles. The van der Waals surface area contributed by atoms with Crippen molar-refractivity contribution >= 4 is 0 Å². The van der Waals surface area contributed by atoms with E-state index in [4.69, 9.17) is 9.84 Å². The van der Waals surface area contributed by atoms with Crippen molar-refractivity contribution in [3.05, 3.63) is 33.1 Å². The molecule has 1 aliphatic rings. The molecule has 2 rings (SSSR count). The van der Waals surface area contributed by atoms with Gasteiger partial charge in [-0.2, -0.15) is 0 Å². The number of nitrogens with zero attached hydrogens (tertiary/aromatic N) is 1. The Kier molecular flexibility index (Phi) is 3.11. The lowest BCUT2D eigenvalue weighted by atomic mass is 10.0. The molecule has 8 nitrogen and oxygen atoms in total. The maximum absolute atomic E-state index is 11.7. The smallest absolute Gasteiger partial charge is 0.330 e. The number of hydrogen-bond acceptors (Lipinski definition) is 6. The summed E-state index contributed by atoms with van der Waals surface area (Å²) < 4.78 is 6.29. The van der Waals surface area contributed by atoms with Gasteiger partial charge in [0.1, 0.15) is 18.3 Å². The lowest BCUT2D eigenvalue weighted by Gasteiger charge is -2.29. The average molecular weight is 258 g/mol. The molecule has 0 aliphatic carbocycles. The van der Waals surface area contributed by atoms with Crippen molar-refractivity contribution in [2.75, 3.05) is 6.61 Å². The van der Waals surface area contributed by atoms with E-state index in [-0.39, 0.29) is 0 Å². The lowest BCUT2D eigenvalue weighted by Crippen LogP contribution is -2.49. The van der Waals surface area contributed by atoms with Crippen molar-refractivity contribution in [3.8, 4) is 0 Å². The van der Waals surface area contributed by atoms with Gasteiger partial charge in [0.2, 0.25) is 0 Å². The fourth-order valence-corrected chi connectivity index (χ4v) is 2.08. The molecule has 0 saturated carbocycles. The molecule has 0 spiro atoms. The van der Waals surface area contributed by atoms with Crippen molar-refractivity contribution < 1.29 is 20.1 Å². The summed E-state index contributed by atoms with van der Waals surface area (Å²) in [6, 6.07) is 1.10. The number of aliphatic hydroxyl groups excluding tert-OH is 3. The van der Waals surface area contributed by atoms with E-state index in [1.54, 1.807) is 0 Å². The van der Waals surface area contributed by atoms with Gasteiger partial charge in [-0.1, -0.05) is 0 Å². The molecule has 0 bridgehead atoms. The molecule has 8 heteroatoms. The number of rotatable bonds is 2. The van der Waals surface area contributed by atoms with Gasteiger partial charge in [0.25, 0.3) is 5.56 Å². The predicted molar refractivity (Wildman–Crippen MR) is 58.9 cm³/mol. The van der Waals surface area contributed by atoms with Gasteiger partial charge in [0.15, 0.2) is 5.72 Å². The van der Waals surface area contributed by atoms with Crippen LogP contribution in [0.3, 0.4) is 0 Å². The fraction of sp³-hybridized carbons (Fsp3) is 0.600. The van der Waals surface area contributed by atoms with E-state index in [0.717, 1.165) is 16.8 Å². The van der Waals surface area contributed by atoms with Crippen molar-refractivity contribution in [1.82, 2.24) is 9.55 Å². The largest absolute Gasteiger partial charge is 0.394 e. The van der Waals surface area contributed by atoms with Gasteiger partial charge in [0, 0.05) is 12.3 Å². The van der Waals surface area contributed by atoms with Gasteiger partial charge in [-0.25, -0.2) is 4.79 Å². The maximum Gasteiger partial charge on any atom is 0.330 e. The summed E-state index contributed by atoms with van der Waals surface area (Å²) in [5.74, 6) is 0. The Balaban J connectivity index is 2.49. The normalized spacial score (nSPS) is 35.9. The second-order valence-corrected chi connectivity index (χ2v) is 4.31. The number of H-pyrrole nitrogens is 1. The second-order valence-electron chi connectivity index (χ2n) is 4.31. The predicted octanol–water partition coefficient (Wildman–Crippen LogP) is -2.68. The summed E-state index contributed by atoms with van der Waals surface area (Å²) in [7, 11) is 0. The summed E-state index contributed by atoms with van der Waals surface area (Å²) >= 11 is 0. The molecule has 4 N–H and O–H groups in total. The van der Waals surface area contributed by atoms with E-state index in [1.807, 2.05) is 4.98 Å². The Bertz CT molecular complexity index is 552. The van der Waals surface area contributed by atoms with Crippen molar-refractivity contribution in [1.29, 1.82) is 0 Å². The first-order valence-electron chi connectivity index (χ1n) is 5.37. The Morgan fingerprint density at radius 2 is 2.17 bits per heavy atom. The van der Waals surface area contributed by atoms with Crippen LogP contribution in [0.5, 0.6) is 0 Å². The van der Waals surface area contributed by atoms with Crippen LogP contribution in [-0.4, -0.2) is 49.8 Å². The summed E-state index contributed by atoms with van der Waals surface area (Å²) in [4.78, 5) is 24.6. The Labute approximate surface area is 101 Å². The van der Waals surface area contributed by atoms with E-state index < -0.39 is 41.9 Å². The van der Waals surface area contributed by atoms with Crippen LogP contribution >= 0.6 is 0 Å². The van der Waals surface area contributed by atoms with Crippen molar-refractivity contribution in [2.24, 2.45) is 0 Å². The summed E-state index contributed by atoms with van der Waals surface area (Å²) in [5.41, 5.74) is -2.89. The summed E-state index contributed by atoms with van der Waals surface area (Å²) in [6.07, 6.45) is -2.56. The molecular formula is C10H14N2O6. The molecule has 4 atom stereocenters. The van der Waals surface area contributed by atoms with E-state index in [2.05, 4.69) is 0 Å². The highest BCUT2D eigenvalue weighted by Gasteiger charge is 2.52. The Morgan fingerprint density at radius 3 is 2.67 bits per heavy atom. The minimum absolute atomic E-state index is 0.494. The average Bonchev–Trinajstić information content (AvgIpc) is 2.54. The molecule has 0 unspecified atom stereocenters. The third-order valence-electron chi connectivity index (χ3n) is 3.13. The van der Waals surface area contributed by atoms with Gasteiger partial charge in [0.05, 0.1) is 6.61 Å². The molecule has 1 saturated heterocycles. The number of aromatic amines is 1. The summed E-state index contributed by atoms with van der Waals surface area (Å²) in [5, 5.41) is 28.6. The van der Waals surface area contributed by atoms with Crippen LogP contribution in [0.1, 0.15) is 6.92 Å². The molecule has 2 heterocycles. The zero-order chi connectivity index (χ0) is 13.5. The van der Waals surface area contributed by atoms with Crippen LogP contribution in [0.15, 0.2) is 21.9 Å². The topological polar surface area (TPSA) is 125 Å². The molecule has 1 aromatic heterocycles. The van der Waals surface area contributed by atoms with E-state index in [1.165, 1.54) is 6.92 Å². The highest BCUT2D eigenvalue weighted by Crippen LogP contribution is 2.33. The van der Waals surface area contributed by atoms with Gasteiger partial charge in [-0.3, -0.25) is 14.3 Å². The lowest BCUT2D eigenvalue weighted by molar-refractivity contribution is -0.137. The molecule has 1 fully saturated rings. The van der Waals surface area contributed by atoms with E-state index >= 15 is 0 Å². The van der Waals surface area contributed by atoms with Gasteiger partial charge >= 0.3 is 5.69 Å². The fourth-order valence-electron chi connectivity index (χ4n) is 2.08. The molecule has 1 aromatic rings. The number of aromatic nitrogens is 2. The third-order valence-corrected chi connectivity index (χ3v) is 3.13. The van der Waals surface area contributed by atoms with Crippen LogP contribution in [0, 0.1) is 0 Å². The van der Waals surface area contributed by atoms with Gasteiger partial charge in [-0.15, -0.1) is 0 Å². The zero-order valence-electron chi connectivity index (χ0n) is 9.61. The van der Waals surface area contributed by atoms with Gasteiger partial charge < -0.3 is 20.1 Å². The number of hydrogen-bond donors (Lipinski definition) is 4. The standard InChI is InChI=1S/C10H14N2O6/c1-10(8(16)7(15)5(4-13)18-10)12-3-2-6(14)11-9(12)17/h2-3,5,7-8,13,15-16H,4H2,1H3,(H,11,14,17)/t5-,7-,8+,10-/m1/s1. The number of aliphatic hydroxyl groups is 3. The first kappa shape index (κ1) is 13.0. The number of ether oxygens (including phenoxy) is 1. The van der Waals surface area contributed by atoms with Gasteiger partial charge in [-0.05, 0) is 6.92 Å². The highest BCUT2D eigenvalue weighted by molar-refractivity contribution is 4.99. The Morgan fingerprint density at radius 1 is 1.50 bits per heavy atom. The van der Waals surface area contributed by atoms with Crippen LogP contribution < -0.4 is 11.2 Å². The monoisotopic (exact) mass is 258 g/mol. The minimum Gasteiger partial charge on any atom is -0.394 e. The second kappa shape index (κ2) is 4.32. The van der Waals surface area contributed by atoms with Crippen molar-refractivity contribution in [2.45, 2.75) is 31.0 Å². The maximum atomic E-state index is 11.7. The van der Waals surface area contributed by atoms with Crippen LogP contribution in [-0.2, 0) is 10.5 Å². The molecule has 18 heavy (non-hydrogen) atoms. The summed E-state index contributed by atoms with van der Waals surface area (Å²) in [6.45, 7) is 0.891. The SMILES string of the molecule is C[C@@]1(n2ccc(=O)[nH]c2=O)O[C@H](CO)[C@@H](O)[C@@H]1O. The molecule has 100 valence electrons. The van der Waals surface area contributed by atoms with Crippen LogP contribution in [0.4, 0.5) is 0 Å². The van der Waals surface area contributed by atoms with Crippen LogP contribution in [0.25, 0.3) is 0 Å². The van der Waals surface area contributed by atoms with Crippen LogP contribution in [0.2, 0.25) is 0 Å². The van der Waals surface area contributed by atoms with E-state index in [9.17, 15) is 19.8 Å². The third kappa shape index (κ3) is 1.79. The molecule has 1 aliphatic heterocycles. The zero-order valence-corrected chi connectivity index (χ0v) is 9.61. The first-order valence-corrected chi connectivity index (χ1v) is 5.37. The minimum atomic E-state index is -1.55. The van der Waals surface area contributed by atoms with Crippen molar-refractivity contribution in [3.63, 3.8) is 0 Å². The molecule has 0 radical (unpaired) electrons. The molecular weight excluding hydrogens is 244 g/mol. The number of nitrogens with one attached hydrogen (secondary N) is 1. The highest BCUT2D eigenvalue weighted by atomic mass is 16.6. The van der Waals surface area contributed by atoms with E-state index in [0.29, 0.717) is 0 Å². The first-order chi connectivity index (χ1) is 8.40. The Hall–Kier alpha value is -1.48.